The monoisotopic (exact) mass is 498 g/mol. The van der Waals surface area contributed by atoms with E-state index in [4.69, 9.17) is 11.6 Å². The first-order valence-corrected chi connectivity index (χ1v) is 12.1. The van der Waals surface area contributed by atoms with Gasteiger partial charge in [-0.2, -0.15) is 5.10 Å². The molecule has 0 atom stereocenters. The lowest BCUT2D eigenvalue weighted by atomic mass is 10.2. The maximum Gasteiger partial charge on any atom is 0.250 e. The summed E-state index contributed by atoms with van der Waals surface area (Å²) in [6.07, 6.45) is 1.49. The van der Waals surface area contributed by atoms with Gasteiger partial charge in [-0.1, -0.05) is 90.1 Å². The van der Waals surface area contributed by atoms with Gasteiger partial charge in [-0.25, -0.2) is 10.4 Å². The lowest BCUT2D eigenvalue weighted by molar-refractivity contribution is -0.118. The summed E-state index contributed by atoms with van der Waals surface area (Å²) in [6, 6.07) is 29.2. The predicted octanol–water partition coefficient (Wildman–Crippen LogP) is 5.38. The molecular weight excluding hydrogens is 480 g/mol. The summed E-state index contributed by atoms with van der Waals surface area (Å²) in [5.74, 6) is 0.539. The standard InChI is InChI=1S/C26H19ClN6OS/c27-24-20(15-19-11-7-8-14-22(19)29-24)16-28-30-23(34)17-35-26-32-31-25(18-9-3-1-4-10-18)33(26)21-12-5-2-6-13-21/h1-16H,17H2,(H,30,34). The Balaban J connectivity index is 1.30. The topological polar surface area (TPSA) is 85.1 Å². The number of rotatable bonds is 7. The third kappa shape index (κ3) is 5.24. The van der Waals surface area contributed by atoms with Crippen LogP contribution >= 0.6 is 23.4 Å². The zero-order chi connectivity index (χ0) is 24.0. The van der Waals surface area contributed by atoms with Crippen LogP contribution in [0.15, 0.2) is 101 Å². The van der Waals surface area contributed by atoms with Crippen molar-refractivity contribution in [2.45, 2.75) is 5.16 Å². The fourth-order valence-corrected chi connectivity index (χ4v) is 4.42. The molecule has 1 amide bonds. The van der Waals surface area contributed by atoms with Crippen molar-refractivity contribution in [1.82, 2.24) is 25.2 Å². The molecule has 0 aliphatic carbocycles. The summed E-state index contributed by atoms with van der Waals surface area (Å²) in [6.45, 7) is 0. The van der Waals surface area contributed by atoms with Gasteiger partial charge in [0.15, 0.2) is 11.0 Å². The molecule has 0 saturated carbocycles. The van der Waals surface area contributed by atoms with Crippen LogP contribution in [0.1, 0.15) is 5.56 Å². The van der Waals surface area contributed by atoms with Gasteiger partial charge in [0, 0.05) is 22.2 Å². The Morgan fingerprint density at radius 2 is 1.69 bits per heavy atom. The molecule has 3 aromatic carbocycles. The number of thioether (sulfide) groups is 1. The number of nitrogens with one attached hydrogen (secondary N) is 1. The Morgan fingerprint density at radius 1 is 0.971 bits per heavy atom. The number of pyridine rings is 1. The quantitative estimate of drug-likeness (QED) is 0.141. The number of hydrogen-bond acceptors (Lipinski definition) is 6. The van der Waals surface area contributed by atoms with Crippen LogP contribution in [0.5, 0.6) is 0 Å². The molecule has 5 rings (SSSR count). The average molecular weight is 499 g/mol. The molecule has 0 unspecified atom stereocenters. The third-order valence-corrected chi connectivity index (χ3v) is 6.34. The minimum atomic E-state index is -0.278. The van der Waals surface area contributed by atoms with E-state index in [9.17, 15) is 4.79 Å². The zero-order valence-corrected chi connectivity index (χ0v) is 19.9. The third-order valence-electron chi connectivity index (χ3n) is 5.11. The summed E-state index contributed by atoms with van der Waals surface area (Å²) in [7, 11) is 0. The number of benzene rings is 3. The molecule has 35 heavy (non-hydrogen) atoms. The lowest BCUT2D eigenvalue weighted by Crippen LogP contribution is -2.20. The van der Waals surface area contributed by atoms with E-state index < -0.39 is 0 Å². The highest BCUT2D eigenvalue weighted by molar-refractivity contribution is 7.99. The molecule has 2 aromatic heterocycles. The fraction of sp³-hybridized carbons (Fsp3) is 0.0385. The van der Waals surface area contributed by atoms with Gasteiger partial charge < -0.3 is 0 Å². The Morgan fingerprint density at radius 3 is 2.49 bits per heavy atom. The second-order valence-corrected chi connectivity index (χ2v) is 8.79. The zero-order valence-electron chi connectivity index (χ0n) is 18.4. The number of aromatic nitrogens is 4. The number of nitrogens with zero attached hydrogens (tertiary/aromatic N) is 5. The van der Waals surface area contributed by atoms with Crippen LogP contribution in [0, 0.1) is 0 Å². The highest BCUT2D eigenvalue weighted by Gasteiger charge is 2.17. The van der Waals surface area contributed by atoms with Gasteiger partial charge in [0.25, 0.3) is 5.91 Å². The molecule has 0 fully saturated rings. The number of carbonyl (C=O) groups is 1. The van der Waals surface area contributed by atoms with Gasteiger partial charge in [-0.3, -0.25) is 9.36 Å². The maximum atomic E-state index is 12.5. The summed E-state index contributed by atoms with van der Waals surface area (Å²) in [5.41, 5.74) is 5.81. The van der Waals surface area contributed by atoms with E-state index in [2.05, 4.69) is 25.7 Å². The Bertz CT molecular complexity index is 1500. The van der Waals surface area contributed by atoms with Crippen molar-refractivity contribution in [3.63, 3.8) is 0 Å². The van der Waals surface area contributed by atoms with Crippen LogP contribution in [0.3, 0.4) is 0 Å². The molecule has 1 N–H and O–H groups in total. The average Bonchev–Trinajstić information content (AvgIpc) is 3.33. The van der Waals surface area contributed by atoms with E-state index in [1.165, 1.54) is 18.0 Å². The number of fused-ring (bicyclic) bond motifs is 1. The van der Waals surface area contributed by atoms with E-state index in [-0.39, 0.29) is 11.7 Å². The molecule has 0 saturated heterocycles. The number of hydrazone groups is 1. The molecule has 0 bridgehead atoms. The van der Waals surface area contributed by atoms with Crippen LogP contribution in [-0.4, -0.2) is 37.6 Å². The van der Waals surface area contributed by atoms with Gasteiger partial charge in [-0.15, -0.1) is 10.2 Å². The van der Waals surface area contributed by atoms with Gasteiger partial charge in [0.05, 0.1) is 17.5 Å². The van der Waals surface area contributed by atoms with Gasteiger partial charge >= 0.3 is 0 Å². The molecule has 5 aromatic rings. The van der Waals surface area contributed by atoms with Crippen LogP contribution in [0.2, 0.25) is 5.15 Å². The Labute approximate surface area is 210 Å². The summed E-state index contributed by atoms with van der Waals surface area (Å²) in [4.78, 5) is 16.8. The van der Waals surface area contributed by atoms with Crippen molar-refractivity contribution in [2.75, 3.05) is 5.75 Å². The molecule has 0 aliphatic heterocycles. The fourth-order valence-electron chi connectivity index (χ4n) is 3.48. The van der Waals surface area contributed by atoms with Crippen molar-refractivity contribution in [1.29, 1.82) is 0 Å². The van der Waals surface area contributed by atoms with Crippen LogP contribution in [0.25, 0.3) is 28.0 Å². The number of hydrogen-bond donors (Lipinski definition) is 1. The minimum absolute atomic E-state index is 0.112. The normalized spacial score (nSPS) is 11.2. The first-order chi connectivity index (χ1) is 17.2. The van der Waals surface area contributed by atoms with Crippen molar-refractivity contribution in [3.8, 4) is 17.1 Å². The van der Waals surface area contributed by atoms with E-state index in [0.717, 1.165) is 22.2 Å². The summed E-state index contributed by atoms with van der Waals surface area (Å²) < 4.78 is 1.94. The largest absolute Gasteiger partial charge is 0.272 e. The van der Waals surface area contributed by atoms with Crippen LogP contribution in [0.4, 0.5) is 0 Å². The van der Waals surface area contributed by atoms with E-state index in [1.54, 1.807) is 0 Å². The van der Waals surface area contributed by atoms with Gasteiger partial charge in [0.2, 0.25) is 0 Å². The second-order valence-electron chi connectivity index (χ2n) is 7.49. The molecular formula is C26H19ClN6OS. The van der Waals surface area contributed by atoms with Crippen molar-refractivity contribution < 1.29 is 4.79 Å². The Hall–Kier alpha value is -4.01. The van der Waals surface area contributed by atoms with Gasteiger partial charge in [0.1, 0.15) is 5.15 Å². The number of amides is 1. The van der Waals surface area contributed by atoms with Gasteiger partial charge in [-0.05, 0) is 24.3 Å². The number of carbonyl (C=O) groups excluding carboxylic acids is 1. The highest BCUT2D eigenvalue weighted by Crippen LogP contribution is 2.27. The molecule has 172 valence electrons. The van der Waals surface area contributed by atoms with Crippen molar-refractivity contribution in [3.05, 3.63) is 102 Å². The van der Waals surface area contributed by atoms with Crippen molar-refractivity contribution in [2.24, 2.45) is 5.10 Å². The SMILES string of the molecule is O=C(CSc1nnc(-c2ccccc2)n1-c1ccccc1)NN=Cc1cc2ccccc2nc1Cl. The summed E-state index contributed by atoms with van der Waals surface area (Å²) >= 11 is 7.53. The van der Waals surface area contributed by atoms with Crippen LogP contribution < -0.4 is 5.43 Å². The molecule has 0 spiro atoms. The van der Waals surface area contributed by atoms with Crippen LogP contribution in [-0.2, 0) is 4.79 Å². The number of para-hydroxylation sites is 2. The second kappa shape index (κ2) is 10.5. The van der Waals surface area contributed by atoms with Crippen molar-refractivity contribution >= 4 is 46.4 Å². The molecule has 9 heteroatoms. The first kappa shape index (κ1) is 22.8. The smallest absolute Gasteiger partial charge is 0.250 e. The molecule has 0 aliphatic rings. The Kier molecular flexibility index (Phi) is 6.83. The van der Waals surface area contributed by atoms with E-state index >= 15 is 0 Å². The number of halogens is 1. The first-order valence-electron chi connectivity index (χ1n) is 10.8. The minimum Gasteiger partial charge on any atom is -0.272 e. The lowest BCUT2D eigenvalue weighted by Gasteiger charge is -2.10. The molecule has 7 nitrogen and oxygen atoms in total. The molecule has 2 heterocycles. The van der Waals surface area contributed by atoms with E-state index in [1.807, 2.05) is 95.6 Å². The predicted molar refractivity (Wildman–Crippen MR) is 140 cm³/mol. The molecule has 0 radical (unpaired) electrons. The summed E-state index contributed by atoms with van der Waals surface area (Å²) in [5, 5.41) is 14.6. The van der Waals surface area contributed by atoms with E-state index in [0.29, 0.717) is 21.7 Å². The highest BCUT2D eigenvalue weighted by atomic mass is 35.5. The maximum absolute atomic E-state index is 12.5.